The van der Waals surface area contributed by atoms with E-state index >= 15 is 0 Å². The van der Waals surface area contributed by atoms with E-state index in [4.69, 9.17) is 4.74 Å². The summed E-state index contributed by atoms with van der Waals surface area (Å²) in [5.41, 5.74) is 1.11. The summed E-state index contributed by atoms with van der Waals surface area (Å²) in [4.78, 5) is 2.46. The molecule has 2 N–H and O–H groups in total. The van der Waals surface area contributed by atoms with Crippen LogP contribution in [0.5, 0.6) is 11.5 Å². The quantitative estimate of drug-likeness (QED) is 0.886. The number of ether oxygens (including phenoxy) is 1. The van der Waals surface area contributed by atoms with Gasteiger partial charge in [0.05, 0.1) is 11.6 Å². The van der Waals surface area contributed by atoms with E-state index in [-0.39, 0.29) is 5.75 Å². The lowest BCUT2D eigenvalue weighted by atomic mass is 9.92. The summed E-state index contributed by atoms with van der Waals surface area (Å²) < 4.78 is 5.87. The molecule has 5 heteroatoms. The van der Waals surface area contributed by atoms with Crippen LogP contribution in [-0.2, 0) is 6.54 Å². The average molecular weight is 341 g/mol. The highest BCUT2D eigenvalue weighted by atomic mass is 79.9. The topological polar surface area (TPSA) is 44.7 Å². The van der Waals surface area contributed by atoms with Gasteiger partial charge in [-0.3, -0.25) is 4.90 Å². The maximum absolute atomic E-state index is 10.1. The molecule has 2 fully saturated rings. The first-order valence-electron chi connectivity index (χ1n) is 7.19. The van der Waals surface area contributed by atoms with Gasteiger partial charge in [-0.05, 0) is 59.4 Å². The summed E-state index contributed by atoms with van der Waals surface area (Å²) in [7, 11) is 1.57. The summed E-state index contributed by atoms with van der Waals surface area (Å²) in [6.07, 6.45) is 2.60. The van der Waals surface area contributed by atoms with Gasteiger partial charge in [-0.15, -0.1) is 0 Å². The van der Waals surface area contributed by atoms with Crippen LogP contribution in [0.15, 0.2) is 16.6 Å². The fourth-order valence-electron chi connectivity index (χ4n) is 3.36. The van der Waals surface area contributed by atoms with E-state index in [1.54, 1.807) is 7.11 Å². The van der Waals surface area contributed by atoms with E-state index in [1.807, 2.05) is 12.1 Å². The number of benzene rings is 1. The number of fused-ring (bicyclic) bond motifs is 1. The zero-order valence-electron chi connectivity index (χ0n) is 11.7. The van der Waals surface area contributed by atoms with Crippen molar-refractivity contribution in [2.24, 2.45) is 5.92 Å². The summed E-state index contributed by atoms with van der Waals surface area (Å²) >= 11 is 3.48. The molecule has 0 unspecified atom stereocenters. The van der Waals surface area contributed by atoms with Crippen LogP contribution in [0.1, 0.15) is 18.4 Å². The van der Waals surface area contributed by atoms with Gasteiger partial charge in [0.25, 0.3) is 0 Å². The van der Waals surface area contributed by atoms with Crippen molar-refractivity contribution in [1.82, 2.24) is 10.2 Å². The third kappa shape index (κ3) is 2.67. The van der Waals surface area contributed by atoms with Crippen molar-refractivity contribution in [3.63, 3.8) is 0 Å². The maximum atomic E-state index is 10.1. The van der Waals surface area contributed by atoms with Crippen LogP contribution in [-0.4, -0.2) is 42.8 Å². The van der Waals surface area contributed by atoms with Crippen LogP contribution in [0.3, 0.4) is 0 Å². The summed E-state index contributed by atoms with van der Waals surface area (Å²) in [6, 6.07) is 4.50. The number of piperidine rings is 1. The molecule has 1 aromatic rings. The number of methoxy groups -OCH3 is 1. The highest BCUT2D eigenvalue weighted by Crippen LogP contribution is 2.37. The third-order valence-electron chi connectivity index (χ3n) is 4.53. The van der Waals surface area contributed by atoms with Gasteiger partial charge in [-0.1, -0.05) is 6.07 Å². The molecular formula is C15H21BrN2O2. The number of nitrogens with one attached hydrogen (secondary N) is 1. The van der Waals surface area contributed by atoms with Crippen LogP contribution in [0.4, 0.5) is 0 Å². The molecule has 2 atom stereocenters. The monoisotopic (exact) mass is 340 g/mol. The molecule has 2 aliphatic rings. The van der Waals surface area contributed by atoms with Crippen LogP contribution < -0.4 is 10.1 Å². The molecule has 0 aromatic heterocycles. The number of phenols is 1. The molecule has 2 aliphatic heterocycles. The SMILES string of the molecule is COc1ccc(CN2CC[C@@H]3CCN[C@@H]3C2)c(Br)c1O. The van der Waals surface area contributed by atoms with Crippen molar-refractivity contribution in [1.29, 1.82) is 0 Å². The highest BCUT2D eigenvalue weighted by Gasteiger charge is 2.32. The number of hydrogen-bond acceptors (Lipinski definition) is 4. The van der Waals surface area contributed by atoms with E-state index in [0.717, 1.165) is 42.1 Å². The van der Waals surface area contributed by atoms with Crippen molar-refractivity contribution in [3.8, 4) is 11.5 Å². The number of phenolic OH excluding ortho intramolecular Hbond substituents is 1. The molecule has 0 aliphatic carbocycles. The molecule has 0 bridgehead atoms. The first-order valence-corrected chi connectivity index (χ1v) is 7.98. The summed E-state index contributed by atoms with van der Waals surface area (Å²) in [5, 5.41) is 13.7. The van der Waals surface area contributed by atoms with Crippen LogP contribution in [0, 0.1) is 5.92 Å². The Kier molecular flexibility index (Phi) is 4.19. The van der Waals surface area contributed by atoms with Crippen molar-refractivity contribution < 1.29 is 9.84 Å². The molecule has 1 aromatic carbocycles. The van der Waals surface area contributed by atoms with E-state index in [2.05, 4.69) is 26.1 Å². The minimum atomic E-state index is 0.193. The largest absolute Gasteiger partial charge is 0.503 e. The molecule has 2 heterocycles. The predicted molar refractivity (Wildman–Crippen MR) is 82.2 cm³/mol. The van der Waals surface area contributed by atoms with Crippen molar-refractivity contribution in [3.05, 3.63) is 22.2 Å². The van der Waals surface area contributed by atoms with Gasteiger partial charge in [0.15, 0.2) is 11.5 Å². The molecule has 0 radical (unpaired) electrons. The number of rotatable bonds is 3. The number of hydrogen-bond donors (Lipinski definition) is 2. The molecule has 0 spiro atoms. The van der Waals surface area contributed by atoms with Gasteiger partial charge < -0.3 is 15.2 Å². The minimum Gasteiger partial charge on any atom is -0.503 e. The smallest absolute Gasteiger partial charge is 0.172 e. The fraction of sp³-hybridized carbons (Fsp3) is 0.600. The normalized spacial score (nSPS) is 26.5. The molecule has 20 heavy (non-hydrogen) atoms. The number of likely N-dealkylation sites (tertiary alicyclic amines) is 1. The maximum Gasteiger partial charge on any atom is 0.172 e. The van der Waals surface area contributed by atoms with Crippen molar-refractivity contribution in [2.45, 2.75) is 25.4 Å². The number of halogens is 1. The molecular weight excluding hydrogens is 320 g/mol. The average Bonchev–Trinajstić information content (AvgIpc) is 2.92. The van der Waals surface area contributed by atoms with Crippen LogP contribution in [0.25, 0.3) is 0 Å². The first kappa shape index (κ1) is 14.2. The van der Waals surface area contributed by atoms with Gasteiger partial charge in [0.2, 0.25) is 0 Å². The van der Waals surface area contributed by atoms with E-state index < -0.39 is 0 Å². The Bertz CT molecular complexity index is 495. The van der Waals surface area contributed by atoms with Gasteiger partial charge in [0.1, 0.15) is 0 Å². The van der Waals surface area contributed by atoms with Crippen LogP contribution >= 0.6 is 15.9 Å². The fourth-order valence-corrected chi connectivity index (χ4v) is 3.81. The Labute approximate surface area is 128 Å². The molecule has 4 nitrogen and oxygen atoms in total. The Morgan fingerprint density at radius 2 is 2.30 bits per heavy atom. The molecule has 0 saturated carbocycles. The van der Waals surface area contributed by atoms with Crippen molar-refractivity contribution >= 4 is 15.9 Å². The Morgan fingerprint density at radius 1 is 1.45 bits per heavy atom. The second-order valence-corrected chi connectivity index (χ2v) is 6.52. The Morgan fingerprint density at radius 3 is 3.10 bits per heavy atom. The Hall–Kier alpha value is -0.780. The molecule has 3 rings (SSSR count). The predicted octanol–water partition coefficient (Wildman–Crippen LogP) is 2.35. The Balaban J connectivity index is 1.70. The second-order valence-electron chi connectivity index (χ2n) is 5.72. The second kappa shape index (κ2) is 5.92. The lowest BCUT2D eigenvalue weighted by molar-refractivity contribution is 0.159. The molecule has 0 amide bonds. The lowest BCUT2D eigenvalue weighted by Crippen LogP contribution is -2.45. The van der Waals surface area contributed by atoms with E-state index in [1.165, 1.54) is 12.8 Å². The highest BCUT2D eigenvalue weighted by molar-refractivity contribution is 9.10. The minimum absolute atomic E-state index is 0.193. The molecule has 110 valence electrons. The van der Waals surface area contributed by atoms with E-state index in [0.29, 0.717) is 11.8 Å². The lowest BCUT2D eigenvalue weighted by Gasteiger charge is -2.35. The van der Waals surface area contributed by atoms with Crippen molar-refractivity contribution in [2.75, 3.05) is 26.7 Å². The summed E-state index contributed by atoms with van der Waals surface area (Å²) in [6.45, 7) is 4.27. The zero-order chi connectivity index (χ0) is 14.1. The number of aromatic hydroxyl groups is 1. The third-order valence-corrected chi connectivity index (χ3v) is 5.42. The van der Waals surface area contributed by atoms with Gasteiger partial charge >= 0.3 is 0 Å². The van der Waals surface area contributed by atoms with Gasteiger partial charge in [0, 0.05) is 19.1 Å². The zero-order valence-corrected chi connectivity index (χ0v) is 13.3. The first-order chi connectivity index (χ1) is 9.69. The summed E-state index contributed by atoms with van der Waals surface area (Å²) in [5.74, 6) is 1.56. The standard InChI is InChI=1S/C15H21BrN2O2/c1-20-13-3-2-11(14(16)15(13)19)8-18-7-5-10-4-6-17-12(10)9-18/h2-3,10,12,17,19H,4-9H2,1H3/t10-,12+/m0/s1. The molecule has 2 saturated heterocycles. The number of nitrogens with zero attached hydrogens (tertiary/aromatic N) is 1. The van der Waals surface area contributed by atoms with Crippen LogP contribution in [0.2, 0.25) is 0 Å². The van der Waals surface area contributed by atoms with E-state index in [9.17, 15) is 5.11 Å². The van der Waals surface area contributed by atoms with Gasteiger partial charge in [-0.2, -0.15) is 0 Å². The van der Waals surface area contributed by atoms with Gasteiger partial charge in [-0.25, -0.2) is 0 Å².